The summed E-state index contributed by atoms with van der Waals surface area (Å²) in [6, 6.07) is 2.07. The molecule has 0 aliphatic carbocycles. The molecule has 0 saturated heterocycles. The maximum absolute atomic E-state index is 6.29. The molecule has 0 amide bonds. The molecule has 0 heterocycles. The minimum Gasteiger partial charge on any atom is -0.394 e. The lowest BCUT2D eigenvalue weighted by atomic mass is 10.0. The van der Waals surface area contributed by atoms with Crippen molar-refractivity contribution in [2.45, 2.75) is 143 Å². The van der Waals surface area contributed by atoms with Crippen molar-refractivity contribution in [2.24, 2.45) is 0 Å². The van der Waals surface area contributed by atoms with Crippen LogP contribution >= 0.6 is 0 Å². The van der Waals surface area contributed by atoms with Crippen molar-refractivity contribution >= 4 is 8.56 Å². The van der Waals surface area contributed by atoms with Gasteiger partial charge in [0.2, 0.25) is 0 Å². The molecule has 0 N–H and O–H groups in total. The maximum atomic E-state index is 6.29. The number of hydrogen-bond acceptors (Lipinski definition) is 3. The van der Waals surface area contributed by atoms with Crippen molar-refractivity contribution in [2.75, 3.05) is 26.4 Å². The third kappa shape index (κ3) is 18.8. The van der Waals surface area contributed by atoms with Crippen molar-refractivity contribution in [3.8, 4) is 0 Å². The van der Waals surface area contributed by atoms with E-state index < -0.39 is 8.56 Å². The average molecular weight is 445 g/mol. The number of unbranched alkanes of at least 4 members (excludes halogenated alkanes) is 15. The van der Waals surface area contributed by atoms with Gasteiger partial charge < -0.3 is 13.6 Å². The van der Waals surface area contributed by atoms with Crippen LogP contribution in [0.1, 0.15) is 130 Å². The molecule has 0 atom stereocenters. The summed E-state index contributed by atoms with van der Waals surface area (Å²) in [7, 11) is -1.98. The quantitative estimate of drug-likeness (QED) is 0.104. The Morgan fingerprint density at radius 1 is 0.433 bits per heavy atom. The number of hydrogen-bond donors (Lipinski definition) is 0. The summed E-state index contributed by atoms with van der Waals surface area (Å²) in [5, 5.41) is 0. The Labute approximate surface area is 191 Å². The zero-order valence-corrected chi connectivity index (χ0v) is 22.3. The van der Waals surface area contributed by atoms with Gasteiger partial charge in [0, 0.05) is 13.2 Å². The highest BCUT2D eigenvalue weighted by Gasteiger charge is 2.33. The van der Waals surface area contributed by atoms with Gasteiger partial charge in [0.15, 0.2) is 0 Å². The zero-order valence-electron chi connectivity index (χ0n) is 21.3. The summed E-state index contributed by atoms with van der Waals surface area (Å²) in [5.41, 5.74) is 0. The SMILES string of the molecule is CCCCCCCCCCCCCCCCCCO[Si](CC)(CC)OCCOCC. The minimum absolute atomic E-state index is 0.681. The van der Waals surface area contributed by atoms with E-state index in [-0.39, 0.29) is 0 Å². The van der Waals surface area contributed by atoms with Gasteiger partial charge in [0.25, 0.3) is 0 Å². The van der Waals surface area contributed by atoms with Crippen LogP contribution < -0.4 is 0 Å². The highest BCUT2D eigenvalue weighted by atomic mass is 28.4. The third-order valence-electron chi connectivity index (χ3n) is 6.24. The molecule has 3 nitrogen and oxygen atoms in total. The van der Waals surface area contributed by atoms with E-state index in [2.05, 4.69) is 20.8 Å². The van der Waals surface area contributed by atoms with E-state index in [0.717, 1.165) is 25.3 Å². The summed E-state index contributed by atoms with van der Waals surface area (Å²) in [6.07, 6.45) is 22.5. The van der Waals surface area contributed by atoms with Crippen molar-refractivity contribution in [3.63, 3.8) is 0 Å². The second-order valence-electron chi connectivity index (χ2n) is 8.81. The van der Waals surface area contributed by atoms with Gasteiger partial charge in [-0.1, -0.05) is 117 Å². The molecule has 0 bridgehead atoms. The Morgan fingerprint density at radius 3 is 1.23 bits per heavy atom. The molecule has 0 saturated carbocycles. The summed E-state index contributed by atoms with van der Waals surface area (Å²) < 4.78 is 17.8. The van der Waals surface area contributed by atoms with Gasteiger partial charge in [0.05, 0.1) is 13.2 Å². The van der Waals surface area contributed by atoms with Crippen LogP contribution in [0, 0.1) is 0 Å². The lowest BCUT2D eigenvalue weighted by Gasteiger charge is -2.28. The highest BCUT2D eigenvalue weighted by molar-refractivity contribution is 6.67. The third-order valence-corrected chi connectivity index (χ3v) is 9.85. The van der Waals surface area contributed by atoms with E-state index in [1.54, 1.807) is 0 Å². The van der Waals surface area contributed by atoms with E-state index in [4.69, 9.17) is 13.6 Å². The lowest BCUT2D eigenvalue weighted by Crippen LogP contribution is -2.42. The van der Waals surface area contributed by atoms with Crippen LogP contribution in [0.3, 0.4) is 0 Å². The second-order valence-corrected chi connectivity index (χ2v) is 12.6. The van der Waals surface area contributed by atoms with Crippen molar-refractivity contribution in [3.05, 3.63) is 0 Å². The number of ether oxygens (including phenoxy) is 1. The first-order valence-corrected chi connectivity index (χ1v) is 15.8. The molecule has 0 aromatic heterocycles. The van der Waals surface area contributed by atoms with Crippen LogP contribution in [-0.4, -0.2) is 35.0 Å². The molecule has 30 heavy (non-hydrogen) atoms. The van der Waals surface area contributed by atoms with E-state index in [9.17, 15) is 0 Å². The molecule has 0 fully saturated rings. The Morgan fingerprint density at radius 2 is 0.833 bits per heavy atom. The molecule has 0 radical (unpaired) electrons. The van der Waals surface area contributed by atoms with Gasteiger partial charge in [-0.2, -0.15) is 0 Å². The van der Waals surface area contributed by atoms with Gasteiger partial charge >= 0.3 is 8.56 Å². The van der Waals surface area contributed by atoms with Crippen LogP contribution in [0.2, 0.25) is 12.1 Å². The molecule has 0 aromatic carbocycles. The molecule has 0 aliphatic heterocycles. The number of rotatable bonds is 25. The maximum Gasteiger partial charge on any atom is 0.337 e. The molecule has 0 unspecified atom stereocenters. The molecular formula is C26H56O3Si. The summed E-state index contributed by atoms with van der Waals surface area (Å²) >= 11 is 0. The monoisotopic (exact) mass is 444 g/mol. The zero-order chi connectivity index (χ0) is 22.2. The fourth-order valence-corrected chi connectivity index (χ4v) is 6.41. The Balaban J connectivity index is 3.41. The fourth-order valence-electron chi connectivity index (χ4n) is 4.04. The Kier molecular flexibility index (Phi) is 23.8. The normalized spacial score (nSPS) is 12.0. The van der Waals surface area contributed by atoms with Gasteiger partial charge in [-0.05, 0) is 25.4 Å². The molecule has 4 heteroatoms. The minimum atomic E-state index is -1.98. The van der Waals surface area contributed by atoms with Crippen molar-refractivity contribution < 1.29 is 13.6 Å². The van der Waals surface area contributed by atoms with E-state index in [1.807, 2.05) is 6.92 Å². The molecule has 0 rings (SSSR count). The summed E-state index contributed by atoms with van der Waals surface area (Å²) in [5.74, 6) is 0. The molecule has 0 aromatic rings. The standard InChI is InChI=1S/C26H56O3Si/c1-5-9-10-11-12-13-14-15-16-17-18-19-20-21-22-23-24-28-30(7-3,8-4)29-26-25-27-6-2/h5-26H2,1-4H3. The largest absolute Gasteiger partial charge is 0.394 e. The molecule has 0 aliphatic rings. The topological polar surface area (TPSA) is 27.7 Å². The highest BCUT2D eigenvalue weighted by Crippen LogP contribution is 2.19. The Bertz CT molecular complexity index is 321. The van der Waals surface area contributed by atoms with Crippen LogP contribution in [-0.2, 0) is 13.6 Å². The van der Waals surface area contributed by atoms with Gasteiger partial charge in [-0.3, -0.25) is 0 Å². The van der Waals surface area contributed by atoms with Gasteiger partial charge in [-0.25, -0.2) is 0 Å². The predicted octanol–water partition coefficient (Wildman–Crippen LogP) is 8.80. The van der Waals surface area contributed by atoms with E-state index in [0.29, 0.717) is 13.2 Å². The lowest BCUT2D eigenvalue weighted by molar-refractivity contribution is 0.0846. The first-order chi connectivity index (χ1) is 14.7. The van der Waals surface area contributed by atoms with Crippen LogP contribution in [0.15, 0.2) is 0 Å². The molecule has 182 valence electrons. The van der Waals surface area contributed by atoms with Crippen LogP contribution in [0.4, 0.5) is 0 Å². The summed E-state index contributed by atoms with van der Waals surface area (Å²) in [4.78, 5) is 0. The fraction of sp³-hybridized carbons (Fsp3) is 1.00. The summed E-state index contributed by atoms with van der Waals surface area (Å²) in [6.45, 7) is 11.7. The van der Waals surface area contributed by atoms with Crippen molar-refractivity contribution in [1.82, 2.24) is 0 Å². The van der Waals surface area contributed by atoms with E-state index >= 15 is 0 Å². The van der Waals surface area contributed by atoms with Gasteiger partial charge in [-0.15, -0.1) is 0 Å². The van der Waals surface area contributed by atoms with Crippen molar-refractivity contribution in [1.29, 1.82) is 0 Å². The first-order valence-electron chi connectivity index (χ1n) is 13.6. The second kappa shape index (κ2) is 23.8. The Hall–Kier alpha value is 0.0969. The molecular weight excluding hydrogens is 388 g/mol. The van der Waals surface area contributed by atoms with E-state index in [1.165, 1.54) is 103 Å². The smallest absolute Gasteiger partial charge is 0.337 e. The molecule has 0 spiro atoms. The average Bonchev–Trinajstić information content (AvgIpc) is 2.77. The van der Waals surface area contributed by atoms with Gasteiger partial charge in [0.1, 0.15) is 0 Å². The van der Waals surface area contributed by atoms with Crippen LogP contribution in [0.5, 0.6) is 0 Å². The van der Waals surface area contributed by atoms with Crippen LogP contribution in [0.25, 0.3) is 0 Å². The predicted molar refractivity (Wildman–Crippen MR) is 135 cm³/mol. The first kappa shape index (κ1) is 30.1.